The lowest BCUT2D eigenvalue weighted by molar-refractivity contribution is -0.300. The molecule has 0 aromatic rings. The maximum absolute atomic E-state index is 11.3. The monoisotopic (exact) mass is 395 g/mol. The largest absolute Gasteiger partial charge is 0.479 e. The van der Waals surface area contributed by atoms with Crippen LogP contribution in [0.3, 0.4) is 0 Å². The molecule has 0 aromatic heterocycles. The molecule has 1 fully saturated rings. The predicted molar refractivity (Wildman–Crippen MR) is 93.8 cm³/mol. The van der Waals surface area contributed by atoms with Gasteiger partial charge in [-0.2, -0.15) is 5.10 Å². The molecule has 11 nitrogen and oxygen atoms in total. The smallest absolute Gasteiger partial charge is 0.335 e. The third kappa shape index (κ3) is 3.98. The number of nitrogens with zero attached hydrogens (tertiary/aromatic N) is 1. The Hall–Kier alpha value is -2.57. The topological polar surface area (TPSA) is 184 Å². The summed E-state index contributed by atoms with van der Waals surface area (Å²) in [6.07, 6.45) is -0.0434. The molecule has 1 saturated heterocycles. The summed E-state index contributed by atoms with van der Waals surface area (Å²) >= 11 is 0. The summed E-state index contributed by atoms with van der Waals surface area (Å²) in [7, 11) is 0. The first-order chi connectivity index (χ1) is 13.3. The zero-order chi connectivity index (χ0) is 20.4. The Morgan fingerprint density at radius 1 is 1.21 bits per heavy atom. The number of fused-ring (bicyclic) bond motifs is 1. The normalized spacial score (nSPS) is 38.6. The number of rotatable bonds is 4. The minimum Gasteiger partial charge on any atom is -0.479 e. The molecule has 11 heteroatoms. The van der Waals surface area contributed by atoms with Gasteiger partial charge in [-0.3, -0.25) is 0 Å². The number of hydrogen-bond donors (Lipinski definition) is 6. The highest BCUT2D eigenvalue weighted by Gasteiger charge is 2.49. The first kappa shape index (κ1) is 20.2. The third-order valence-electron chi connectivity index (χ3n) is 4.71. The molecule has 3 aliphatic rings. The summed E-state index contributed by atoms with van der Waals surface area (Å²) in [5.41, 5.74) is 8.42. The van der Waals surface area contributed by atoms with Crippen LogP contribution in [0.5, 0.6) is 0 Å². The maximum atomic E-state index is 11.3. The van der Waals surface area contributed by atoms with Crippen molar-refractivity contribution in [3.63, 3.8) is 0 Å². The van der Waals surface area contributed by atoms with Gasteiger partial charge in [0.1, 0.15) is 24.4 Å². The average molecular weight is 395 g/mol. The highest BCUT2D eigenvalue weighted by Crippen LogP contribution is 2.33. The van der Waals surface area contributed by atoms with Gasteiger partial charge in [-0.05, 0) is 5.57 Å². The van der Waals surface area contributed by atoms with Crippen LogP contribution in [-0.4, -0.2) is 74.9 Å². The summed E-state index contributed by atoms with van der Waals surface area (Å²) < 4.78 is 11.0. The van der Waals surface area contributed by atoms with Gasteiger partial charge in [0.15, 0.2) is 12.4 Å². The Labute approximate surface area is 159 Å². The summed E-state index contributed by atoms with van der Waals surface area (Å²) in [4.78, 5) is 22.3. The van der Waals surface area contributed by atoms with Gasteiger partial charge in [-0.1, -0.05) is 30.4 Å². The number of nitrogens with two attached hydrogens (primary N) is 1. The second-order valence-electron chi connectivity index (χ2n) is 6.55. The number of carboxylic acids is 1. The van der Waals surface area contributed by atoms with Crippen LogP contribution in [0.2, 0.25) is 0 Å². The number of aliphatic hydroxyl groups is 3. The molecule has 2 aliphatic carbocycles. The number of primary amides is 1. The number of carbonyl (C=O) groups excluding carboxylic acids is 1. The third-order valence-corrected chi connectivity index (χ3v) is 4.71. The summed E-state index contributed by atoms with van der Waals surface area (Å²) in [6, 6.07) is -0.876. The van der Waals surface area contributed by atoms with Crippen molar-refractivity contribution in [2.24, 2.45) is 16.8 Å². The SMILES string of the molecule is NC(=O)NN=C1CC=C2C=CC=CC2C1OC1OC(C(=O)O)C(O)C(O)C1O. The van der Waals surface area contributed by atoms with E-state index in [2.05, 4.69) is 10.5 Å². The minimum absolute atomic E-state index is 0.297. The van der Waals surface area contributed by atoms with Gasteiger partial charge in [-0.15, -0.1) is 0 Å². The van der Waals surface area contributed by atoms with E-state index in [0.717, 1.165) is 5.57 Å². The molecule has 28 heavy (non-hydrogen) atoms. The second kappa shape index (κ2) is 8.20. The molecule has 1 heterocycles. The molecule has 7 N–H and O–H groups in total. The Balaban J connectivity index is 1.87. The Morgan fingerprint density at radius 2 is 1.96 bits per heavy atom. The highest BCUT2D eigenvalue weighted by molar-refractivity contribution is 5.93. The molecule has 0 radical (unpaired) electrons. The number of allylic oxidation sites excluding steroid dienone is 4. The van der Waals surface area contributed by atoms with E-state index in [1.54, 1.807) is 6.08 Å². The van der Waals surface area contributed by atoms with E-state index in [1.807, 2.05) is 24.3 Å². The molecular weight excluding hydrogens is 374 g/mol. The number of nitrogens with one attached hydrogen (secondary N) is 1. The van der Waals surface area contributed by atoms with Crippen molar-refractivity contribution < 1.29 is 39.5 Å². The maximum Gasteiger partial charge on any atom is 0.335 e. The van der Waals surface area contributed by atoms with Crippen LogP contribution >= 0.6 is 0 Å². The van der Waals surface area contributed by atoms with E-state index >= 15 is 0 Å². The second-order valence-corrected chi connectivity index (χ2v) is 6.55. The zero-order valence-electron chi connectivity index (χ0n) is 14.6. The molecule has 0 spiro atoms. The Bertz CT molecular complexity index is 762. The van der Waals surface area contributed by atoms with E-state index < -0.39 is 48.8 Å². The number of ether oxygens (including phenoxy) is 2. The van der Waals surface area contributed by atoms with Crippen molar-refractivity contribution in [3.05, 3.63) is 36.0 Å². The van der Waals surface area contributed by atoms with Crippen molar-refractivity contribution in [1.82, 2.24) is 5.43 Å². The van der Waals surface area contributed by atoms with Gasteiger partial charge < -0.3 is 35.6 Å². The van der Waals surface area contributed by atoms with Gasteiger partial charge in [0.05, 0.1) is 5.71 Å². The number of aliphatic carboxylic acids is 1. The lowest BCUT2D eigenvalue weighted by atomic mass is 9.81. The molecule has 0 aromatic carbocycles. The van der Waals surface area contributed by atoms with E-state index in [9.17, 15) is 30.0 Å². The van der Waals surface area contributed by atoms with Crippen molar-refractivity contribution in [2.75, 3.05) is 0 Å². The standard InChI is InChI=1S/C17H21N3O8/c18-17(26)20-19-9-6-5-7-3-1-2-4-8(7)13(9)27-16-12(23)10(21)11(22)14(28-16)15(24)25/h1-5,8,10-14,16,21-23H,6H2,(H,24,25)(H3,18,20,26). The Kier molecular flexibility index (Phi) is 5.91. The molecule has 0 saturated carbocycles. The number of aliphatic hydroxyl groups excluding tert-OH is 3. The Morgan fingerprint density at radius 3 is 2.64 bits per heavy atom. The quantitative estimate of drug-likeness (QED) is 0.306. The number of carboxylic acid groups (broad SMARTS) is 1. The summed E-state index contributed by atoms with van der Waals surface area (Å²) in [6.45, 7) is 0. The van der Waals surface area contributed by atoms with Gasteiger partial charge in [-0.25, -0.2) is 15.0 Å². The number of hydrogen-bond acceptors (Lipinski definition) is 8. The van der Waals surface area contributed by atoms with Gasteiger partial charge in [0, 0.05) is 12.3 Å². The zero-order valence-corrected chi connectivity index (χ0v) is 14.6. The van der Waals surface area contributed by atoms with Crippen molar-refractivity contribution in [3.8, 4) is 0 Å². The summed E-state index contributed by atoms with van der Waals surface area (Å²) in [5.74, 6) is -1.86. The van der Waals surface area contributed by atoms with Crippen LogP contribution in [0.25, 0.3) is 0 Å². The van der Waals surface area contributed by atoms with Gasteiger partial charge in [0.25, 0.3) is 0 Å². The van der Waals surface area contributed by atoms with E-state index in [4.69, 9.17) is 15.2 Å². The molecular formula is C17H21N3O8. The van der Waals surface area contributed by atoms with Crippen LogP contribution < -0.4 is 11.2 Å². The first-order valence-electron chi connectivity index (χ1n) is 8.54. The molecule has 0 bridgehead atoms. The van der Waals surface area contributed by atoms with Crippen molar-refractivity contribution in [1.29, 1.82) is 0 Å². The molecule has 2 amide bonds. The van der Waals surface area contributed by atoms with Crippen molar-refractivity contribution in [2.45, 2.75) is 43.2 Å². The fraction of sp³-hybridized carbons (Fsp3) is 0.471. The molecule has 152 valence electrons. The first-order valence-corrected chi connectivity index (χ1v) is 8.54. The fourth-order valence-electron chi connectivity index (χ4n) is 3.31. The number of hydrazone groups is 1. The van der Waals surface area contributed by atoms with Gasteiger partial charge >= 0.3 is 12.0 Å². The van der Waals surface area contributed by atoms with E-state index in [0.29, 0.717) is 12.1 Å². The fourth-order valence-corrected chi connectivity index (χ4v) is 3.31. The number of urea groups is 1. The van der Waals surface area contributed by atoms with Crippen LogP contribution in [0.4, 0.5) is 4.79 Å². The number of carbonyl (C=O) groups is 2. The predicted octanol–water partition coefficient (Wildman–Crippen LogP) is -1.64. The van der Waals surface area contributed by atoms with E-state index in [1.165, 1.54) is 0 Å². The molecule has 7 unspecified atom stereocenters. The van der Waals surface area contributed by atoms with E-state index in [-0.39, 0.29) is 5.92 Å². The lowest BCUT2D eigenvalue weighted by Crippen LogP contribution is -2.61. The van der Waals surface area contributed by atoms with Crippen LogP contribution in [0.15, 0.2) is 41.1 Å². The van der Waals surface area contributed by atoms with Crippen molar-refractivity contribution >= 4 is 17.7 Å². The highest BCUT2D eigenvalue weighted by atomic mass is 16.7. The average Bonchev–Trinajstić information content (AvgIpc) is 2.67. The van der Waals surface area contributed by atoms with Crippen LogP contribution in [0.1, 0.15) is 6.42 Å². The van der Waals surface area contributed by atoms with Crippen LogP contribution in [-0.2, 0) is 14.3 Å². The molecule has 1 aliphatic heterocycles. The number of amides is 2. The minimum atomic E-state index is -1.82. The van der Waals surface area contributed by atoms with Gasteiger partial charge in [0.2, 0.25) is 0 Å². The summed E-state index contributed by atoms with van der Waals surface area (Å²) in [5, 5.41) is 43.1. The lowest BCUT2D eigenvalue weighted by Gasteiger charge is -2.41. The molecule has 3 rings (SSSR count). The van der Waals surface area contributed by atoms with Crippen LogP contribution in [0, 0.1) is 5.92 Å². The molecule has 7 atom stereocenters.